The molecule has 1 N–H and O–H groups in total. The zero-order valence-corrected chi connectivity index (χ0v) is 8.72. The Labute approximate surface area is 79.8 Å². The van der Waals surface area contributed by atoms with Crippen LogP contribution in [0.5, 0.6) is 0 Å². The van der Waals surface area contributed by atoms with Crippen LogP contribution in [0.3, 0.4) is 0 Å². The quantitative estimate of drug-likeness (QED) is 0.677. The van der Waals surface area contributed by atoms with E-state index >= 15 is 0 Å². The molecule has 3 heteroatoms. The van der Waals surface area contributed by atoms with Crippen molar-refractivity contribution in [3.8, 4) is 0 Å². The van der Waals surface area contributed by atoms with Gasteiger partial charge in [-0.1, -0.05) is 12.8 Å². The molecule has 3 nitrogen and oxygen atoms in total. The minimum atomic E-state index is -0.187. The smallest absolute Gasteiger partial charge is 0.322 e. The highest BCUT2D eigenvalue weighted by Gasteiger charge is 2.31. The van der Waals surface area contributed by atoms with E-state index in [4.69, 9.17) is 0 Å². The van der Waals surface area contributed by atoms with Crippen molar-refractivity contribution >= 4 is 5.97 Å². The normalized spacial score (nSPS) is 22.7. The second-order valence-electron chi connectivity index (χ2n) is 4.16. The Kier molecular flexibility index (Phi) is 3.31. The Bertz CT molecular complexity index is 185. The molecule has 0 aromatic carbocycles. The number of hydrogen-bond donors (Lipinski definition) is 1. The summed E-state index contributed by atoms with van der Waals surface area (Å²) in [5, 5.41) is 3.33. The van der Waals surface area contributed by atoms with Gasteiger partial charge < -0.3 is 4.74 Å². The van der Waals surface area contributed by atoms with Crippen LogP contribution in [0.15, 0.2) is 0 Å². The first-order chi connectivity index (χ1) is 6.07. The molecular weight excluding hydrogens is 166 g/mol. The Hall–Kier alpha value is -0.570. The summed E-state index contributed by atoms with van der Waals surface area (Å²) < 4.78 is 4.67. The monoisotopic (exact) mass is 185 g/mol. The van der Waals surface area contributed by atoms with E-state index in [1.54, 1.807) is 0 Å². The van der Waals surface area contributed by atoms with Gasteiger partial charge in [-0.2, -0.15) is 0 Å². The van der Waals surface area contributed by atoms with Gasteiger partial charge in [0, 0.05) is 5.54 Å². The van der Waals surface area contributed by atoms with Crippen LogP contribution in [-0.4, -0.2) is 24.7 Å². The Balaban J connectivity index is 2.42. The van der Waals surface area contributed by atoms with E-state index in [2.05, 4.69) is 17.0 Å². The first-order valence-electron chi connectivity index (χ1n) is 4.93. The lowest BCUT2D eigenvalue weighted by molar-refractivity contribution is -0.143. The van der Waals surface area contributed by atoms with Crippen LogP contribution >= 0.6 is 0 Å². The Morgan fingerprint density at radius 3 is 2.46 bits per heavy atom. The van der Waals surface area contributed by atoms with Gasteiger partial charge in [0.25, 0.3) is 0 Å². The maximum atomic E-state index is 11.2. The van der Waals surface area contributed by atoms with E-state index < -0.39 is 0 Å². The molecular formula is C10H19NO2. The van der Waals surface area contributed by atoms with Crippen LogP contribution in [0.1, 0.15) is 39.5 Å². The summed E-state index contributed by atoms with van der Waals surface area (Å²) in [7, 11) is 1.43. The molecule has 0 aromatic rings. The van der Waals surface area contributed by atoms with Crippen LogP contribution < -0.4 is 5.32 Å². The number of methoxy groups -OCH3 is 1. The van der Waals surface area contributed by atoms with Gasteiger partial charge in [0.15, 0.2) is 0 Å². The molecule has 13 heavy (non-hydrogen) atoms. The standard InChI is InChI=1S/C10H19NO2/c1-8(9(12)13-3)11-10(2)6-4-5-7-10/h8,11H,4-7H2,1-3H3. The summed E-state index contributed by atoms with van der Waals surface area (Å²) in [5.41, 5.74) is 0.146. The van der Waals surface area contributed by atoms with Crippen LogP contribution in [0, 0.1) is 0 Å². The largest absolute Gasteiger partial charge is 0.468 e. The lowest BCUT2D eigenvalue weighted by Crippen LogP contribution is -2.48. The first kappa shape index (κ1) is 10.5. The number of carbonyl (C=O) groups is 1. The number of ether oxygens (including phenoxy) is 1. The predicted octanol–water partition coefficient (Wildman–Crippen LogP) is 1.47. The number of rotatable bonds is 3. The van der Waals surface area contributed by atoms with Gasteiger partial charge in [-0.15, -0.1) is 0 Å². The van der Waals surface area contributed by atoms with E-state index in [-0.39, 0.29) is 17.6 Å². The molecule has 0 aliphatic heterocycles. The van der Waals surface area contributed by atoms with Gasteiger partial charge in [0.1, 0.15) is 6.04 Å². The average Bonchev–Trinajstić information content (AvgIpc) is 2.50. The van der Waals surface area contributed by atoms with E-state index in [9.17, 15) is 4.79 Å². The zero-order chi connectivity index (χ0) is 9.90. The molecule has 0 aromatic heterocycles. The maximum absolute atomic E-state index is 11.2. The van der Waals surface area contributed by atoms with Gasteiger partial charge in [-0.05, 0) is 26.7 Å². The van der Waals surface area contributed by atoms with Crippen molar-refractivity contribution in [2.45, 2.75) is 51.1 Å². The Morgan fingerprint density at radius 2 is 2.00 bits per heavy atom. The molecule has 1 rings (SSSR count). The van der Waals surface area contributed by atoms with Crippen LogP contribution in [0.2, 0.25) is 0 Å². The number of esters is 1. The summed E-state index contributed by atoms with van der Waals surface area (Å²) in [6.45, 7) is 4.04. The fourth-order valence-corrected chi connectivity index (χ4v) is 2.06. The highest BCUT2D eigenvalue weighted by molar-refractivity contribution is 5.75. The second-order valence-corrected chi connectivity index (χ2v) is 4.16. The fraction of sp³-hybridized carbons (Fsp3) is 0.900. The molecule has 1 fully saturated rings. The lowest BCUT2D eigenvalue weighted by Gasteiger charge is -2.28. The molecule has 0 spiro atoms. The molecule has 1 aliphatic carbocycles. The van der Waals surface area contributed by atoms with E-state index in [0.29, 0.717) is 0 Å². The molecule has 1 aliphatic rings. The van der Waals surface area contributed by atoms with Crippen molar-refractivity contribution in [3.63, 3.8) is 0 Å². The highest BCUT2D eigenvalue weighted by atomic mass is 16.5. The van der Waals surface area contributed by atoms with Crippen molar-refractivity contribution in [3.05, 3.63) is 0 Å². The van der Waals surface area contributed by atoms with E-state index in [1.165, 1.54) is 20.0 Å². The molecule has 0 bridgehead atoms. The van der Waals surface area contributed by atoms with Crippen molar-refractivity contribution in [1.82, 2.24) is 5.32 Å². The van der Waals surface area contributed by atoms with Gasteiger partial charge in [-0.3, -0.25) is 10.1 Å². The third-order valence-electron chi connectivity index (χ3n) is 2.83. The molecule has 1 unspecified atom stereocenters. The molecule has 1 atom stereocenters. The van der Waals surface area contributed by atoms with Gasteiger partial charge in [-0.25, -0.2) is 0 Å². The van der Waals surface area contributed by atoms with E-state index in [0.717, 1.165) is 12.8 Å². The van der Waals surface area contributed by atoms with Gasteiger partial charge in [0.2, 0.25) is 0 Å². The molecule has 1 saturated carbocycles. The molecule has 0 amide bonds. The molecule has 76 valence electrons. The van der Waals surface area contributed by atoms with Gasteiger partial charge in [0.05, 0.1) is 7.11 Å². The maximum Gasteiger partial charge on any atom is 0.322 e. The number of carbonyl (C=O) groups excluding carboxylic acids is 1. The summed E-state index contributed by atoms with van der Waals surface area (Å²) in [6, 6.07) is -0.187. The van der Waals surface area contributed by atoms with Crippen molar-refractivity contribution in [2.24, 2.45) is 0 Å². The molecule has 0 radical (unpaired) electrons. The molecule has 0 heterocycles. The third kappa shape index (κ3) is 2.69. The van der Waals surface area contributed by atoms with Gasteiger partial charge >= 0.3 is 5.97 Å². The van der Waals surface area contributed by atoms with Crippen LogP contribution in [0.4, 0.5) is 0 Å². The zero-order valence-electron chi connectivity index (χ0n) is 8.72. The van der Waals surface area contributed by atoms with Crippen LogP contribution in [0.25, 0.3) is 0 Å². The Morgan fingerprint density at radius 1 is 1.46 bits per heavy atom. The van der Waals surface area contributed by atoms with Crippen LogP contribution in [-0.2, 0) is 9.53 Å². The minimum Gasteiger partial charge on any atom is -0.468 e. The van der Waals surface area contributed by atoms with Crippen molar-refractivity contribution in [1.29, 1.82) is 0 Å². The van der Waals surface area contributed by atoms with Crippen molar-refractivity contribution < 1.29 is 9.53 Å². The predicted molar refractivity (Wildman–Crippen MR) is 51.5 cm³/mol. The van der Waals surface area contributed by atoms with Crippen molar-refractivity contribution in [2.75, 3.05) is 7.11 Å². The molecule has 0 saturated heterocycles. The second kappa shape index (κ2) is 4.09. The summed E-state index contributed by atoms with van der Waals surface area (Å²) in [6.07, 6.45) is 4.84. The summed E-state index contributed by atoms with van der Waals surface area (Å²) in [5.74, 6) is -0.173. The number of hydrogen-bond acceptors (Lipinski definition) is 3. The lowest BCUT2D eigenvalue weighted by atomic mass is 9.99. The third-order valence-corrected chi connectivity index (χ3v) is 2.83. The average molecular weight is 185 g/mol. The fourth-order valence-electron chi connectivity index (χ4n) is 2.06. The minimum absolute atomic E-state index is 0.146. The highest BCUT2D eigenvalue weighted by Crippen LogP contribution is 2.29. The topological polar surface area (TPSA) is 38.3 Å². The summed E-state index contributed by atoms with van der Waals surface area (Å²) >= 11 is 0. The SMILES string of the molecule is COC(=O)C(C)NC1(C)CCCC1. The number of nitrogens with one attached hydrogen (secondary N) is 1. The first-order valence-corrected chi connectivity index (χ1v) is 4.93. The van der Waals surface area contributed by atoms with E-state index in [1.807, 2.05) is 6.92 Å². The summed E-state index contributed by atoms with van der Waals surface area (Å²) in [4.78, 5) is 11.2.